The first kappa shape index (κ1) is 12.2. The Labute approximate surface area is 119 Å². The van der Waals surface area contributed by atoms with Crippen LogP contribution in [0.2, 0.25) is 0 Å². The van der Waals surface area contributed by atoms with Gasteiger partial charge in [0.1, 0.15) is 5.75 Å². The summed E-state index contributed by atoms with van der Waals surface area (Å²) in [6.45, 7) is 0. The number of carbonyl (C=O) groups is 1. The van der Waals surface area contributed by atoms with E-state index in [4.69, 9.17) is 4.74 Å². The summed E-state index contributed by atoms with van der Waals surface area (Å²) in [5, 5.41) is 2.87. The molecule has 0 unspecified atom stereocenters. The molecular weight excluding hydrogens is 306 g/mol. The molecule has 19 heavy (non-hydrogen) atoms. The molecule has 0 radical (unpaired) electrons. The largest absolute Gasteiger partial charge is 0.480 e. The van der Waals surface area contributed by atoms with Crippen LogP contribution in [-0.2, 0) is 11.2 Å². The molecule has 0 spiro atoms. The molecule has 0 saturated carbocycles. The predicted octanol–water partition coefficient (Wildman–Crippen LogP) is 3.39. The van der Waals surface area contributed by atoms with Crippen LogP contribution in [0.15, 0.2) is 53.0 Å². The van der Waals surface area contributed by atoms with Gasteiger partial charge < -0.3 is 10.1 Å². The number of rotatable bonds is 2. The fourth-order valence-corrected chi connectivity index (χ4v) is 2.52. The third kappa shape index (κ3) is 2.63. The van der Waals surface area contributed by atoms with E-state index in [0.717, 1.165) is 21.5 Å². The topological polar surface area (TPSA) is 38.3 Å². The Kier molecular flexibility index (Phi) is 3.25. The summed E-state index contributed by atoms with van der Waals surface area (Å²) in [6.07, 6.45) is 0.173. The van der Waals surface area contributed by atoms with Crippen LogP contribution in [0.25, 0.3) is 0 Å². The van der Waals surface area contributed by atoms with E-state index in [0.29, 0.717) is 6.42 Å². The normalized spacial score (nSPS) is 16.6. The highest BCUT2D eigenvalue weighted by molar-refractivity contribution is 9.10. The van der Waals surface area contributed by atoms with Crippen LogP contribution in [0.1, 0.15) is 5.56 Å². The fraction of sp³-hybridized carbons (Fsp3) is 0.133. The zero-order valence-corrected chi connectivity index (χ0v) is 11.7. The maximum Gasteiger partial charge on any atom is 0.265 e. The fourth-order valence-electron chi connectivity index (χ4n) is 2.12. The number of nitrogens with one attached hydrogen (secondary N) is 1. The van der Waals surface area contributed by atoms with Crippen LogP contribution >= 0.6 is 15.9 Å². The second-order valence-corrected chi connectivity index (χ2v) is 5.33. The van der Waals surface area contributed by atoms with Gasteiger partial charge in [-0.3, -0.25) is 4.79 Å². The lowest BCUT2D eigenvalue weighted by atomic mass is 10.1. The SMILES string of the molecule is O=C(Nc1cccc(Br)c1)[C@H]1Cc2ccccc2O1. The number of anilines is 1. The van der Waals surface area contributed by atoms with E-state index >= 15 is 0 Å². The van der Waals surface area contributed by atoms with Crippen LogP contribution in [0.4, 0.5) is 5.69 Å². The van der Waals surface area contributed by atoms with Gasteiger partial charge in [-0.1, -0.05) is 40.2 Å². The highest BCUT2D eigenvalue weighted by Gasteiger charge is 2.28. The number of ether oxygens (including phenoxy) is 1. The first-order valence-electron chi connectivity index (χ1n) is 6.03. The summed E-state index contributed by atoms with van der Waals surface area (Å²) in [4.78, 5) is 12.1. The number of carbonyl (C=O) groups excluding carboxylic acids is 1. The average Bonchev–Trinajstić information content (AvgIpc) is 2.82. The maximum atomic E-state index is 12.1. The van der Waals surface area contributed by atoms with E-state index in [-0.39, 0.29) is 5.91 Å². The summed E-state index contributed by atoms with van der Waals surface area (Å²) in [5.41, 5.74) is 1.84. The number of halogens is 1. The van der Waals surface area contributed by atoms with E-state index in [2.05, 4.69) is 21.2 Å². The molecule has 0 saturated heterocycles. The van der Waals surface area contributed by atoms with Gasteiger partial charge in [-0.05, 0) is 29.8 Å². The minimum absolute atomic E-state index is 0.116. The molecule has 1 atom stereocenters. The van der Waals surface area contributed by atoms with Gasteiger partial charge in [0, 0.05) is 16.6 Å². The lowest BCUT2D eigenvalue weighted by Crippen LogP contribution is -2.31. The molecule has 0 fully saturated rings. The van der Waals surface area contributed by atoms with Crippen LogP contribution in [0.5, 0.6) is 5.75 Å². The standard InChI is InChI=1S/C15H12BrNO2/c16-11-5-3-6-12(9-11)17-15(18)14-8-10-4-1-2-7-13(10)19-14/h1-7,9,14H,8H2,(H,17,18)/t14-/m1/s1. The zero-order valence-electron chi connectivity index (χ0n) is 10.1. The van der Waals surface area contributed by atoms with Crippen molar-refractivity contribution in [2.45, 2.75) is 12.5 Å². The van der Waals surface area contributed by atoms with Crippen LogP contribution in [0.3, 0.4) is 0 Å². The molecule has 2 aromatic rings. The highest BCUT2D eigenvalue weighted by atomic mass is 79.9. The summed E-state index contributed by atoms with van der Waals surface area (Å²) in [7, 11) is 0. The molecular formula is C15H12BrNO2. The number of benzene rings is 2. The summed E-state index contributed by atoms with van der Waals surface area (Å²) >= 11 is 3.38. The van der Waals surface area contributed by atoms with Crippen LogP contribution in [-0.4, -0.2) is 12.0 Å². The van der Waals surface area contributed by atoms with Gasteiger partial charge in [0.25, 0.3) is 5.91 Å². The van der Waals surface area contributed by atoms with Crippen molar-refractivity contribution in [3.8, 4) is 5.75 Å². The number of amides is 1. The average molecular weight is 318 g/mol. The second kappa shape index (κ2) is 5.05. The van der Waals surface area contributed by atoms with Crippen molar-refractivity contribution in [1.29, 1.82) is 0 Å². The lowest BCUT2D eigenvalue weighted by molar-refractivity contribution is -0.122. The Bertz CT molecular complexity index is 602. The molecule has 4 heteroatoms. The second-order valence-electron chi connectivity index (χ2n) is 4.42. The molecule has 96 valence electrons. The minimum Gasteiger partial charge on any atom is -0.480 e. The van der Waals surface area contributed by atoms with Crippen LogP contribution < -0.4 is 10.1 Å². The van der Waals surface area contributed by atoms with E-state index < -0.39 is 6.10 Å². The molecule has 1 aliphatic heterocycles. The number of hydrogen-bond acceptors (Lipinski definition) is 2. The summed E-state index contributed by atoms with van der Waals surface area (Å²) in [6, 6.07) is 15.2. The Balaban J connectivity index is 1.70. The van der Waals surface area contributed by atoms with Gasteiger partial charge >= 0.3 is 0 Å². The third-order valence-electron chi connectivity index (χ3n) is 3.03. The van der Waals surface area contributed by atoms with Gasteiger partial charge in [0.2, 0.25) is 0 Å². The Morgan fingerprint density at radius 2 is 2.05 bits per heavy atom. The molecule has 1 N–H and O–H groups in total. The van der Waals surface area contributed by atoms with E-state index in [1.54, 1.807) is 0 Å². The number of fused-ring (bicyclic) bond motifs is 1. The number of hydrogen-bond donors (Lipinski definition) is 1. The van der Waals surface area contributed by atoms with Gasteiger partial charge in [-0.15, -0.1) is 0 Å². The van der Waals surface area contributed by atoms with E-state index in [9.17, 15) is 4.79 Å². The van der Waals surface area contributed by atoms with Crippen molar-refractivity contribution in [1.82, 2.24) is 0 Å². The quantitative estimate of drug-likeness (QED) is 0.922. The third-order valence-corrected chi connectivity index (χ3v) is 3.52. The highest BCUT2D eigenvalue weighted by Crippen LogP contribution is 2.28. The summed E-state index contributed by atoms with van der Waals surface area (Å²) in [5.74, 6) is 0.686. The maximum absolute atomic E-state index is 12.1. The van der Waals surface area contributed by atoms with Gasteiger partial charge in [-0.2, -0.15) is 0 Å². The molecule has 2 aromatic carbocycles. The van der Waals surface area contributed by atoms with Gasteiger partial charge in [0.15, 0.2) is 6.10 Å². The van der Waals surface area contributed by atoms with Crippen molar-refractivity contribution >= 4 is 27.5 Å². The monoisotopic (exact) mass is 317 g/mol. The first-order chi connectivity index (χ1) is 9.22. The zero-order chi connectivity index (χ0) is 13.2. The van der Waals surface area contributed by atoms with Gasteiger partial charge in [0.05, 0.1) is 0 Å². The van der Waals surface area contributed by atoms with E-state index in [1.807, 2.05) is 48.5 Å². The molecule has 3 rings (SSSR count). The Hall–Kier alpha value is -1.81. The molecule has 1 amide bonds. The predicted molar refractivity (Wildman–Crippen MR) is 77.3 cm³/mol. The number of para-hydroxylation sites is 1. The Morgan fingerprint density at radius 3 is 2.84 bits per heavy atom. The van der Waals surface area contributed by atoms with Crippen LogP contribution in [0, 0.1) is 0 Å². The summed E-state index contributed by atoms with van der Waals surface area (Å²) < 4.78 is 6.58. The molecule has 0 bridgehead atoms. The van der Waals surface area contributed by atoms with Crippen molar-refractivity contribution < 1.29 is 9.53 Å². The van der Waals surface area contributed by atoms with Crippen molar-refractivity contribution in [3.63, 3.8) is 0 Å². The first-order valence-corrected chi connectivity index (χ1v) is 6.83. The molecule has 0 aliphatic carbocycles. The van der Waals surface area contributed by atoms with Gasteiger partial charge in [-0.25, -0.2) is 0 Å². The molecule has 3 nitrogen and oxygen atoms in total. The smallest absolute Gasteiger partial charge is 0.265 e. The van der Waals surface area contributed by atoms with Crippen molar-refractivity contribution in [2.24, 2.45) is 0 Å². The van der Waals surface area contributed by atoms with Crippen molar-refractivity contribution in [2.75, 3.05) is 5.32 Å². The van der Waals surface area contributed by atoms with E-state index in [1.165, 1.54) is 0 Å². The van der Waals surface area contributed by atoms with Crippen molar-refractivity contribution in [3.05, 3.63) is 58.6 Å². The Morgan fingerprint density at radius 1 is 1.21 bits per heavy atom. The molecule has 1 aliphatic rings. The molecule has 0 aromatic heterocycles. The minimum atomic E-state index is -0.448. The molecule has 1 heterocycles. The lowest BCUT2D eigenvalue weighted by Gasteiger charge is -2.11.